The number of nitrogens with zero attached hydrogens (tertiary/aromatic N) is 2. The summed E-state index contributed by atoms with van der Waals surface area (Å²) in [4.78, 5) is 9.91. The van der Waals surface area contributed by atoms with Crippen LogP contribution < -0.4 is 0 Å². The van der Waals surface area contributed by atoms with Gasteiger partial charge in [0.1, 0.15) is 5.15 Å². The van der Waals surface area contributed by atoms with Crippen LogP contribution >= 0.6 is 45.5 Å². The lowest BCUT2D eigenvalue weighted by molar-refractivity contribution is 1.24. The fourth-order valence-electron chi connectivity index (χ4n) is 1.58. The lowest BCUT2D eigenvalue weighted by Crippen LogP contribution is -1.90. The Bertz CT molecular complexity index is 682. The lowest BCUT2D eigenvalue weighted by Gasteiger charge is -2.03. The van der Waals surface area contributed by atoms with Gasteiger partial charge in [-0.05, 0) is 52.2 Å². The number of hydrogen-bond acceptors (Lipinski definition) is 3. The first-order chi connectivity index (χ1) is 8.24. The first-order valence-corrected chi connectivity index (χ1v) is 7.24. The molecule has 17 heavy (non-hydrogen) atoms. The van der Waals surface area contributed by atoms with Crippen molar-refractivity contribution in [2.24, 2.45) is 0 Å². The number of aromatic nitrogens is 2. The topological polar surface area (TPSA) is 25.8 Å². The smallest absolute Gasteiger partial charge is 0.171 e. The molecule has 1 aromatic carbocycles. The van der Waals surface area contributed by atoms with Gasteiger partial charge in [0.2, 0.25) is 0 Å². The van der Waals surface area contributed by atoms with E-state index in [-0.39, 0.29) is 0 Å². The summed E-state index contributed by atoms with van der Waals surface area (Å²) in [7, 11) is 0. The molecule has 0 fully saturated rings. The molecule has 2 heterocycles. The van der Waals surface area contributed by atoms with Gasteiger partial charge >= 0.3 is 0 Å². The van der Waals surface area contributed by atoms with Crippen molar-refractivity contribution >= 4 is 56.4 Å². The summed E-state index contributed by atoms with van der Waals surface area (Å²) in [6, 6.07) is 9.97. The van der Waals surface area contributed by atoms with Gasteiger partial charge in [-0.3, -0.25) is 0 Å². The minimum atomic E-state index is 0.511. The minimum Gasteiger partial charge on any atom is -0.227 e. The van der Waals surface area contributed by atoms with E-state index in [2.05, 4.69) is 32.6 Å². The van der Waals surface area contributed by atoms with Crippen LogP contribution in [0.5, 0.6) is 0 Å². The molecule has 0 spiro atoms. The van der Waals surface area contributed by atoms with E-state index in [9.17, 15) is 0 Å². The van der Waals surface area contributed by atoms with Gasteiger partial charge in [0, 0.05) is 8.96 Å². The molecule has 0 saturated heterocycles. The Labute approximate surface area is 121 Å². The summed E-state index contributed by atoms with van der Waals surface area (Å²) in [5, 5.41) is 3.42. The molecule has 0 N–H and O–H groups in total. The van der Waals surface area contributed by atoms with E-state index in [0.29, 0.717) is 11.0 Å². The second-order valence-electron chi connectivity index (χ2n) is 3.48. The predicted octanol–water partition coefficient (Wildman–Crippen LogP) is 4.62. The largest absolute Gasteiger partial charge is 0.227 e. The molecule has 0 aliphatic heterocycles. The summed E-state index contributed by atoms with van der Waals surface area (Å²) in [6.07, 6.45) is 0. The maximum atomic E-state index is 6.20. The van der Waals surface area contributed by atoms with E-state index in [4.69, 9.17) is 11.6 Å². The molecule has 2 aromatic heterocycles. The van der Waals surface area contributed by atoms with Crippen molar-refractivity contribution in [3.8, 4) is 10.7 Å². The number of hydrogen-bond donors (Lipinski definition) is 0. The SMILES string of the molecule is Clc1nc(-c2cccs2)nc2ccc(I)cc12. The van der Waals surface area contributed by atoms with Gasteiger partial charge in [-0.25, -0.2) is 9.97 Å². The fourth-order valence-corrected chi connectivity index (χ4v) is 2.96. The maximum absolute atomic E-state index is 6.20. The van der Waals surface area contributed by atoms with Crippen LogP contribution in [0.1, 0.15) is 0 Å². The molecule has 0 aliphatic carbocycles. The Morgan fingerprint density at radius 3 is 2.82 bits per heavy atom. The van der Waals surface area contributed by atoms with Crippen LogP contribution in [0.25, 0.3) is 21.6 Å². The highest BCUT2D eigenvalue weighted by Crippen LogP contribution is 2.28. The molecule has 2 nitrogen and oxygen atoms in total. The van der Waals surface area contributed by atoms with Crippen molar-refractivity contribution in [2.45, 2.75) is 0 Å². The molecule has 3 aromatic rings. The quantitative estimate of drug-likeness (QED) is 0.460. The number of benzene rings is 1. The van der Waals surface area contributed by atoms with E-state index in [1.165, 1.54) is 0 Å². The van der Waals surface area contributed by atoms with Crippen molar-refractivity contribution in [2.75, 3.05) is 0 Å². The van der Waals surface area contributed by atoms with E-state index >= 15 is 0 Å². The summed E-state index contributed by atoms with van der Waals surface area (Å²) < 4.78 is 1.13. The normalized spacial score (nSPS) is 10.9. The van der Waals surface area contributed by atoms with Crippen molar-refractivity contribution in [1.29, 1.82) is 0 Å². The Hall–Kier alpha value is -0.720. The third-order valence-electron chi connectivity index (χ3n) is 2.35. The Morgan fingerprint density at radius 2 is 2.06 bits per heavy atom. The summed E-state index contributed by atoms with van der Waals surface area (Å²) in [5.74, 6) is 0.693. The van der Waals surface area contributed by atoms with Crippen LogP contribution in [0.3, 0.4) is 0 Å². The number of halogens is 2. The van der Waals surface area contributed by atoms with Gasteiger partial charge in [0.05, 0.1) is 10.4 Å². The lowest BCUT2D eigenvalue weighted by atomic mass is 10.2. The molecule has 0 atom stereocenters. The summed E-state index contributed by atoms with van der Waals surface area (Å²) >= 11 is 10.1. The first kappa shape index (κ1) is 11.4. The average Bonchev–Trinajstić information content (AvgIpc) is 2.83. The maximum Gasteiger partial charge on any atom is 0.171 e. The molecule has 0 saturated carbocycles. The molecule has 0 radical (unpaired) electrons. The summed E-state index contributed by atoms with van der Waals surface area (Å²) in [6.45, 7) is 0. The zero-order chi connectivity index (χ0) is 11.8. The van der Waals surface area contributed by atoms with Gasteiger partial charge < -0.3 is 0 Å². The second kappa shape index (κ2) is 4.51. The first-order valence-electron chi connectivity index (χ1n) is 4.91. The number of rotatable bonds is 1. The minimum absolute atomic E-state index is 0.511. The zero-order valence-electron chi connectivity index (χ0n) is 8.52. The molecule has 0 bridgehead atoms. The predicted molar refractivity (Wildman–Crippen MR) is 80.6 cm³/mol. The van der Waals surface area contributed by atoms with Gasteiger partial charge in [-0.2, -0.15) is 0 Å². The third-order valence-corrected chi connectivity index (χ3v) is 4.18. The molecule has 0 unspecified atom stereocenters. The molecule has 0 aliphatic rings. The van der Waals surface area contributed by atoms with E-state index in [1.807, 2.05) is 35.7 Å². The Morgan fingerprint density at radius 1 is 1.18 bits per heavy atom. The van der Waals surface area contributed by atoms with Crippen LogP contribution in [0.2, 0.25) is 5.15 Å². The van der Waals surface area contributed by atoms with Crippen molar-refractivity contribution in [3.63, 3.8) is 0 Å². The molecule has 84 valence electrons. The molecular formula is C12H6ClIN2S. The van der Waals surface area contributed by atoms with Gasteiger partial charge in [-0.1, -0.05) is 17.7 Å². The Kier molecular flexibility index (Phi) is 3.02. The standard InChI is InChI=1S/C12H6ClIN2S/c13-11-8-6-7(14)3-4-9(8)15-12(16-11)10-2-1-5-17-10/h1-6H. The highest BCUT2D eigenvalue weighted by atomic mass is 127. The van der Waals surface area contributed by atoms with E-state index < -0.39 is 0 Å². The van der Waals surface area contributed by atoms with Crippen LogP contribution in [-0.2, 0) is 0 Å². The monoisotopic (exact) mass is 372 g/mol. The average molecular weight is 373 g/mol. The molecular weight excluding hydrogens is 367 g/mol. The van der Waals surface area contributed by atoms with Crippen LogP contribution in [0, 0.1) is 3.57 Å². The summed E-state index contributed by atoms with van der Waals surface area (Å²) in [5.41, 5.74) is 0.883. The number of fused-ring (bicyclic) bond motifs is 1. The van der Waals surface area contributed by atoms with Crippen LogP contribution in [0.4, 0.5) is 0 Å². The van der Waals surface area contributed by atoms with Crippen molar-refractivity contribution in [1.82, 2.24) is 9.97 Å². The number of thiophene rings is 1. The van der Waals surface area contributed by atoms with Crippen LogP contribution in [0.15, 0.2) is 35.7 Å². The zero-order valence-corrected chi connectivity index (χ0v) is 12.3. The van der Waals surface area contributed by atoms with Crippen LogP contribution in [-0.4, -0.2) is 9.97 Å². The Balaban J connectivity index is 2.28. The van der Waals surface area contributed by atoms with Gasteiger partial charge in [-0.15, -0.1) is 11.3 Å². The van der Waals surface area contributed by atoms with Crippen molar-refractivity contribution < 1.29 is 0 Å². The molecule has 0 amide bonds. The van der Waals surface area contributed by atoms with Crippen molar-refractivity contribution in [3.05, 3.63) is 44.4 Å². The molecule has 5 heteroatoms. The van der Waals surface area contributed by atoms with Gasteiger partial charge in [0.25, 0.3) is 0 Å². The van der Waals surface area contributed by atoms with E-state index in [1.54, 1.807) is 11.3 Å². The molecule has 3 rings (SSSR count). The van der Waals surface area contributed by atoms with E-state index in [0.717, 1.165) is 19.4 Å². The highest BCUT2D eigenvalue weighted by Gasteiger charge is 2.08. The second-order valence-corrected chi connectivity index (χ2v) is 6.03. The fraction of sp³-hybridized carbons (Fsp3) is 0. The third kappa shape index (κ3) is 2.17. The highest BCUT2D eigenvalue weighted by molar-refractivity contribution is 14.1. The van der Waals surface area contributed by atoms with Gasteiger partial charge in [0.15, 0.2) is 5.82 Å².